The highest BCUT2D eigenvalue weighted by atomic mass is 19.1. The van der Waals surface area contributed by atoms with Gasteiger partial charge in [0.1, 0.15) is 12.1 Å². The molecule has 0 radical (unpaired) electrons. The lowest BCUT2D eigenvalue weighted by Crippen LogP contribution is -2.23. The van der Waals surface area contributed by atoms with E-state index in [0.717, 1.165) is 5.56 Å². The Bertz CT molecular complexity index is 511. The third kappa shape index (κ3) is 3.69. The summed E-state index contributed by atoms with van der Waals surface area (Å²) in [5.41, 5.74) is 1.49. The first-order chi connectivity index (χ1) is 8.74. The summed E-state index contributed by atoms with van der Waals surface area (Å²) in [6.45, 7) is 0.346. The maximum atomic E-state index is 12.9. The van der Waals surface area contributed by atoms with Crippen LogP contribution in [0, 0.1) is 5.82 Å². The summed E-state index contributed by atoms with van der Waals surface area (Å²) < 4.78 is 17.7. The number of carbonyl (C=O) groups is 1. The van der Waals surface area contributed by atoms with Crippen molar-refractivity contribution < 1.29 is 13.6 Å². The average Bonchev–Trinajstić information content (AvgIpc) is 2.87. The fourth-order valence-electron chi connectivity index (χ4n) is 1.55. The molecule has 2 aromatic rings. The van der Waals surface area contributed by atoms with Crippen molar-refractivity contribution in [1.29, 1.82) is 0 Å². The summed E-state index contributed by atoms with van der Waals surface area (Å²) in [5, 5.41) is 2.71. The lowest BCUT2D eigenvalue weighted by atomic mass is 10.1. The first-order valence-electron chi connectivity index (χ1n) is 5.62. The molecule has 1 aromatic heterocycles. The molecule has 4 nitrogen and oxygen atoms in total. The van der Waals surface area contributed by atoms with Gasteiger partial charge >= 0.3 is 0 Å². The average molecular weight is 248 g/mol. The molecule has 2 rings (SSSR count). The first kappa shape index (κ1) is 12.3. The van der Waals surface area contributed by atoms with Gasteiger partial charge in [0.05, 0.1) is 12.2 Å². The van der Waals surface area contributed by atoms with E-state index in [-0.39, 0.29) is 11.7 Å². The van der Waals surface area contributed by atoms with E-state index in [1.54, 1.807) is 12.1 Å². The zero-order valence-corrected chi connectivity index (χ0v) is 9.73. The summed E-state index contributed by atoms with van der Waals surface area (Å²) in [7, 11) is 0. The van der Waals surface area contributed by atoms with E-state index < -0.39 is 0 Å². The number of rotatable bonds is 5. The quantitative estimate of drug-likeness (QED) is 0.881. The van der Waals surface area contributed by atoms with Crippen molar-refractivity contribution in [2.24, 2.45) is 0 Å². The molecule has 1 aromatic carbocycles. The molecule has 1 N–H and O–H groups in total. The normalized spacial score (nSPS) is 10.3. The topological polar surface area (TPSA) is 55.1 Å². The molecule has 0 fully saturated rings. The number of benzene rings is 1. The second kappa shape index (κ2) is 5.95. The van der Waals surface area contributed by atoms with E-state index in [9.17, 15) is 9.18 Å². The van der Waals surface area contributed by atoms with Gasteiger partial charge in [0.15, 0.2) is 6.39 Å². The van der Waals surface area contributed by atoms with Crippen LogP contribution in [0.25, 0.3) is 0 Å². The molecule has 0 aliphatic rings. The smallest absolute Gasteiger partial charge is 0.220 e. The number of hydrogen-bond acceptors (Lipinski definition) is 3. The molecule has 0 aliphatic carbocycles. The van der Waals surface area contributed by atoms with Gasteiger partial charge in [-0.3, -0.25) is 4.79 Å². The van der Waals surface area contributed by atoms with Gasteiger partial charge in [-0.05, 0) is 24.1 Å². The van der Waals surface area contributed by atoms with Crippen molar-refractivity contribution in [1.82, 2.24) is 10.3 Å². The standard InChI is InChI=1S/C13H13FN2O2/c14-11-3-1-2-10(6-11)4-5-13(17)15-7-12-8-18-9-16-12/h1-3,6,8-9H,4-5,7H2,(H,15,17). The molecular formula is C13H13FN2O2. The summed E-state index contributed by atoms with van der Waals surface area (Å²) in [4.78, 5) is 15.4. The fraction of sp³-hybridized carbons (Fsp3) is 0.231. The van der Waals surface area contributed by atoms with Gasteiger partial charge in [0, 0.05) is 6.42 Å². The largest absolute Gasteiger partial charge is 0.451 e. The molecule has 0 spiro atoms. The lowest BCUT2D eigenvalue weighted by Gasteiger charge is -2.03. The maximum absolute atomic E-state index is 12.9. The van der Waals surface area contributed by atoms with E-state index in [1.165, 1.54) is 24.8 Å². The Morgan fingerprint density at radius 1 is 1.44 bits per heavy atom. The van der Waals surface area contributed by atoms with Gasteiger partial charge in [-0.25, -0.2) is 9.37 Å². The molecule has 1 amide bonds. The molecule has 5 heteroatoms. The maximum Gasteiger partial charge on any atom is 0.220 e. The molecule has 0 unspecified atom stereocenters. The third-order valence-electron chi connectivity index (χ3n) is 2.48. The van der Waals surface area contributed by atoms with Crippen molar-refractivity contribution in [3.63, 3.8) is 0 Å². The van der Waals surface area contributed by atoms with Gasteiger partial charge in [0.2, 0.25) is 5.91 Å². The zero-order chi connectivity index (χ0) is 12.8. The SMILES string of the molecule is O=C(CCc1cccc(F)c1)NCc1cocn1. The molecule has 18 heavy (non-hydrogen) atoms. The summed E-state index contributed by atoms with van der Waals surface area (Å²) >= 11 is 0. The summed E-state index contributed by atoms with van der Waals surface area (Å²) in [6.07, 6.45) is 3.63. The predicted molar refractivity (Wildman–Crippen MR) is 63.1 cm³/mol. The number of nitrogens with one attached hydrogen (secondary N) is 1. The van der Waals surface area contributed by atoms with Crippen LogP contribution < -0.4 is 5.32 Å². The Hall–Kier alpha value is -2.17. The second-order valence-corrected chi connectivity index (χ2v) is 3.89. The fourth-order valence-corrected chi connectivity index (χ4v) is 1.55. The van der Waals surface area contributed by atoms with Crippen molar-refractivity contribution in [3.8, 4) is 0 Å². The number of halogens is 1. The van der Waals surface area contributed by atoms with Gasteiger partial charge in [-0.1, -0.05) is 12.1 Å². The number of carbonyl (C=O) groups excluding carboxylic acids is 1. The highest BCUT2D eigenvalue weighted by Crippen LogP contribution is 2.06. The number of amides is 1. The van der Waals surface area contributed by atoms with Crippen molar-refractivity contribution in [2.75, 3.05) is 0 Å². The van der Waals surface area contributed by atoms with E-state index in [2.05, 4.69) is 10.3 Å². The Balaban J connectivity index is 1.75. The molecule has 1 heterocycles. The minimum Gasteiger partial charge on any atom is -0.451 e. The molecular weight excluding hydrogens is 235 g/mol. The number of hydrogen-bond donors (Lipinski definition) is 1. The van der Waals surface area contributed by atoms with Gasteiger partial charge in [0.25, 0.3) is 0 Å². The molecule has 0 atom stereocenters. The Kier molecular flexibility index (Phi) is 4.06. The van der Waals surface area contributed by atoms with Crippen LogP contribution in [0.4, 0.5) is 4.39 Å². The van der Waals surface area contributed by atoms with Crippen LogP contribution in [-0.2, 0) is 17.8 Å². The highest BCUT2D eigenvalue weighted by Gasteiger charge is 2.04. The van der Waals surface area contributed by atoms with E-state index in [1.807, 2.05) is 0 Å². The van der Waals surface area contributed by atoms with Gasteiger partial charge in [-0.15, -0.1) is 0 Å². The van der Waals surface area contributed by atoms with E-state index >= 15 is 0 Å². The van der Waals surface area contributed by atoms with Crippen molar-refractivity contribution in [3.05, 3.63) is 54.0 Å². The number of nitrogens with zero attached hydrogens (tertiary/aromatic N) is 1. The Morgan fingerprint density at radius 3 is 3.06 bits per heavy atom. The molecule has 94 valence electrons. The lowest BCUT2D eigenvalue weighted by molar-refractivity contribution is -0.121. The molecule has 0 bridgehead atoms. The van der Waals surface area contributed by atoms with Crippen LogP contribution in [0.15, 0.2) is 41.3 Å². The highest BCUT2D eigenvalue weighted by molar-refractivity contribution is 5.76. The number of oxazole rings is 1. The van der Waals surface area contributed by atoms with Crippen LogP contribution in [0.1, 0.15) is 17.7 Å². The number of aromatic nitrogens is 1. The Morgan fingerprint density at radius 2 is 2.33 bits per heavy atom. The number of aryl methyl sites for hydroxylation is 1. The van der Waals surface area contributed by atoms with Crippen LogP contribution in [0.5, 0.6) is 0 Å². The minimum absolute atomic E-state index is 0.0951. The van der Waals surface area contributed by atoms with Gasteiger partial charge in [-0.2, -0.15) is 0 Å². The van der Waals surface area contributed by atoms with E-state index in [0.29, 0.717) is 25.1 Å². The van der Waals surface area contributed by atoms with Crippen LogP contribution in [0.2, 0.25) is 0 Å². The zero-order valence-electron chi connectivity index (χ0n) is 9.73. The van der Waals surface area contributed by atoms with Crippen LogP contribution >= 0.6 is 0 Å². The predicted octanol–water partition coefficient (Wildman–Crippen LogP) is 2.06. The second-order valence-electron chi connectivity index (χ2n) is 3.89. The summed E-state index contributed by atoms with van der Waals surface area (Å²) in [5.74, 6) is -0.377. The van der Waals surface area contributed by atoms with Crippen molar-refractivity contribution in [2.45, 2.75) is 19.4 Å². The molecule has 0 aliphatic heterocycles. The van der Waals surface area contributed by atoms with E-state index in [4.69, 9.17) is 4.42 Å². The van der Waals surface area contributed by atoms with Crippen LogP contribution in [-0.4, -0.2) is 10.9 Å². The van der Waals surface area contributed by atoms with Crippen LogP contribution in [0.3, 0.4) is 0 Å². The molecule has 0 saturated carbocycles. The molecule has 0 saturated heterocycles. The van der Waals surface area contributed by atoms with Crippen molar-refractivity contribution >= 4 is 5.91 Å². The monoisotopic (exact) mass is 248 g/mol. The first-order valence-corrected chi connectivity index (χ1v) is 5.62. The van der Waals surface area contributed by atoms with Gasteiger partial charge < -0.3 is 9.73 Å². The summed E-state index contributed by atoms with van der Waals surface area (Å²) in [6, 6.07) is 6.25. The minimum atomic E-state index is -0.282. The Labute approximate surface area is 104 Å². The third-order valence-corrected chi connectivity index (χ3v) is 2.48.